The number of anilines is 1. The second-order valence-corrected chi connectivity index (χ2v) is 21.7. The van der Waals surface area contributed by atoms with Crippen molar-refractivity contribution in [3.63, 3.8) is 0 Å². The number of carbonyl (C=O) groups is 4. The summed E-state index contributed by atoms with van der Waals surface area (Å²) in [4.78, 5) is 66.2. The molecule has 2 aliphatic heterocycles. The molecule has 6 fully saturated rings. The molecule has 1 aromatic carbocycles. The molecule has 9 rings (SSSR count). The van der Waals surface area contributed by atoms with E-state index in [9.17, 15) is 33.1 Å². The lowest BCUT2D eigenvalue weighted by molar-refractivity contribution is -0.146. The van der Waals surface area contributed by atoms with Gasteiger partial charge < -0.3 is 45.5 Å². The number of carboxylic acids is 1. The number of benzene rings is 1. The number of ether oxygens (including phenoxy) is 3. The zero-order valence-corrected chi connectivity index (χ0v) is 38.4. The van der Waals surface area contributed by atoms with E-state index >= 15 is 0 Å². The number of halogens is 3. The molecular weight excluding hydrogens is 872 g/mol. The lowest BCUT2D eigenvalue weighted by Crippen LogP contribution is -2.59. The number of nitrogens with one attached hydrogen (secondary N) is 4. The van der Waals surface area contributed by atoms with Gasteiger partial charge in [0, 0.05) is 41.8 Å². The number of aliphatic carboxylic acids is 1. The number of hydrogen-bond donors (Lipinski definition) is 5. The van der Waals surface area contributed by atoms with Crippen molar-refractivity contribution in [3.8, 4) is 22.9 Å². The van der Waals surface area contributed by atoms with E-state index < -0.39 is 71.5 Å². The number of hydrogen-bond acceptors (Lipinski definition) is 12. The van der Waals surface area contributed by atoms with Crippen LogP contribution in [0.25, 0.3) is 22.3 Å². The van der Waals surface area contributed by atoms with Gasteiger partial charge in [-0.1, -0.05) is 45.7 Å². The minimum absolute atomic E-state index is 0.0101. The maximum atomic E-state index is 14.8. The van der Waals surface area contributed by atoms with Gasteiger partial charge in [0.05, 0.1) is 24.3 Å². The van der Waals surface area contributed by atoms with Crippen molar-refractivity contribution in [3.05, 3.63) is 28.6 Å². The molecule has 4 saturated carbocycles. The molecule has 5 N–H and O–H groups in total. The number of pyridine rings is 1. The van der Waals surface area contributed by atoms with Crippen LogP contribution in [0.1, 0.15) is 92.9 Å². The highest BCUT2D eigenvalue weighted by Crippen LogP contribution is 2.93. The molecule has 0 bridgehead atoms. The summed E-state index contributed by atoms with van der Waals surface area (Å²) in [5.41, 5.74) is -0.396. The number of likely N-dealkylation sites (tertiary alicyclic amines) is 1. The zero-order valence-electron chi connectivity index (χ0n) is 36.8. The minimum atomic E-state index is -2.83. The second-order valence-electron chi connectivity index (χ2n) is 20.4. The van der Waals surface area contributed by atoms with Crippen molar-refractivity contribution in [2.24, 2.45) is 22.2 Å². The summed E-state index contributed by atoms with van der Waals surface area (Å²) >= 11 is 8.39. The molecule has 0 spiro atoms. The third-order valence-corrected chi connectivity index (χ3v) is 15.4. The van der Waals surface area contributed by atoms with Gasteiger partial charge in [0.15, 0.2) is 5.13 Å². The quantitative estimate of drug-likeness (QED) is 0.105. The first kappa shape index (κ1) is 44.6. The first-order valence-electron chi connectivity index (χ1n) is 22.2. The molecule has 19 heteroatoms. The molecule has 6 aliphatic rings. The molecule has 15 nitrogen and oxygen atoms in total. The van der Waals surface area contributed by atoms with Crippen molar-refractivity contribution in [1.82, 2.24) is 30.8 Å². The van der Waals surface area contributed by atoms with Gasteiger partial charge >= 0.3 is 12.1 Å². The SMILES string of the molecule is CC[C@@H]1C[C@]1(NC(=O)[C@@H]1CC(Oc2cc(-c3csc(NC(C)C)n3)nc3c(Cl)c(OC[C@@H]4CC(F)(F)CN4)ccc23)CN1C(=O)[C@@H](NC(=O)OC1CC23CC2(C1)C3)C(C)(C)C)C(=O)O. The van der Waals surface area contributed by atoms with Crippen LogP contribution in [0.3, 0.4) is 0 Å². The number of thiazole rings is 1. The van der Waals surface area contributed by atoms with E-state index in [4.69, 9.17) is 35.8 Å². The van der Waals surface area contributed by atoms with Gasteiger partial charge in [-0.25, -0.2) is 28.3 Å². The van der Waals surface area contributed by atoms with Gasteiger partial charge in [-0.15, -0.1) is 11.3 Å². The topological polar surface area (TPSA) is 193 Å². The van der Waals surface area contributed by atoms with Crippen molar-refractivity contribution in [2.75, 3.05) is 25.0 Å². The van der Waals surface area contributed by atoms with Crippen LogP contribution in [0.4, 0.5) is 18.7 Å². The van der Waals surface area contributed by atoms with Crippen LogP contribution < -0.4 is 30.7 Å². The van der Waals surface area contributed by atoms with Crippen LogP contribution >= 0.6 is 22.9 Å². The van der Waals surface area contributed by atoms with E-state index in [2.05, 4.69) is 21.3 Å². The zero-order chi connectivity index (χ0) is 45.7. The van der Waals surface area contributed by atoms with E-state index in [1.54, 1.807) is 18.2 Å². The van der Waals surface area contributed by atoms with E-state index in [1.165, 1.54) is 29.1 Å². The molecule has 6 atom stereocenters. The Labute approximate surface area is 379 Å². The fourth-order valence-corrected chi connectivity index (χ4v) is 11.6. The van der Waals surface area contributed by atoms with Gasteiger partial charge in [-0.05, 0) is 80.2 Å². The number of aromatic nitrogens is 2. The van der Waals surface area contributed by atoms with E-state index in [-0.39, 0.29) is 66.8 Å². The first-order chi connectivity index (χ1) is 30.1. The van der Waals surface area contributed by atoms with Crippen LogP contribution in [-0.2, 0) is 19.1 Å². The summed E-state index contributed by atoms with van der Waals surface area (Å²) in [6.07, 6.45) is 2.75. The number of amides is 3. The fourth-order valence-electron chi connectivity index (χ4n) is 10.5. The Hall–Kier alpha value is -4.55. The minimum Gasteiger partial charge on any atom is -0.490 e. The average Bonchev–Trinajstić information content (AvgIpc) is 3.90. The summed E-state index contributed by atoms with van der Waals surface area (Å²) in [6.45, 7) is 10.7. The standard InChI is InChI=1S/C45H56ClF2N7O8S/c1-7-23-12-45(23,38(58)59)54-36(56)30-10-25(16-55(30)37(57)35(41(4,5)6)53-40(60)63-26-14-42-19-43(42,15-26)20-42)62-32-11-28(29-18-64-39(52-29)50-22(2)3)51-34-27(32)8-9-31(33(34)46)61-17-24-13-44(47,48)21-49-24/h8-9,11,18,22-26,30,35,49H,7,10,12-17,19-21H2,1-6H3,(H,50,52)(H,53,60)(H,54,56)(H,58,59)/t23-,24+,25?,26?,30+,35-,42?,43?,45-/m1/s1. The van der Waals surface area contributed by atoms with Crippen molar-refractivity contribution < 1.29 is 47.3 Å². The van der Waals surface area contributed by atoms with Crippen LogP contribution in [0.15, 0.2) is 23.6 Å². The van der Waals surface area contributed by atoms with E-state index in [1.807, 2.05) is 46.9 Å². The maximum absolute atomic E-state index is 14.8. The molecule has 3 amide bonds. The summed E-state index contributed by atoms with van der Waals surface area (Å²) in [7, 11) is 0. The Morgan fingerprint density at radius 3 is 2.41 bits per heavy atom. The molecule has 3 aromatic rings. The summed E-state index contributed by atoms with van der Waals surface area (Å²) in [6, 6.07) is 2.29. The predicted molar refractivity (Wildman–Crippen MR) is 235 cm³/mol. The molecule has 0 radical (unpaired) electrons. The van der Waals surface area contributed by atoms with Gasteiger partial charge in [0.2, 0.25) is 11.8 Å². The van der Waals surface area contributed by atoms with Gasteiger partial charge in [-0.3, -0.25) is 9.59 Å². The number of alkyl halides is 2. The number of nitrogens with zero attached hydrogens (tertiary/aromatic N) is 3. The largest absolute Gasteiger partial charge is 0.490 e. The molecule has 4 heterocycles. The Kier molecular flexibility index (Phi) is 11.0. The lowest BCUT2D eigenvalue weighted by Gasteiger charge is -2.35. The first-order valence-corrected chi connectivity index (χ1v) is 23.5. The third kappa shape index (κ3) is 8.31. The summed E-state index contributed by atoms with van der Waals surface area (Å²) in [5.74, 6) is -4.88. The fraction of sp³-hybridized carbons (Fsp3) is 0.644. The van der Waals surface area contributed by atoms with Crippen LogP contribution in [-0.4, -0.2) is 111 Å². The van der Waals surface area contributed by atoms with E-state index in [0.717, 1.165) is 12.8 Å². The molecular formula is C45H56ClF2N7O8S. The number of rotatable bonds is 15. The van der Waals surface area contributed by atoms with E-state index in [0.29, 0.717) is 44.9 Å². The Morgan fingerprint density at radius 2 is 1.78 bits per heavy atom. The van der Waals surface area contributed by atoms with Gasteiger partial charge in [-0.2, -0.15) is 0 Å². The average molecular weight is 928 g/mol. The summed E-state index contributed by atoms with van der Waals surface area (Å²) < 4.78 is 46.5. The normalized spacial score (nSPS) is 31.2. The van der Waals surface area contributed by atoms with Gasteiger partial charge in [0.25, 0.3) is 5.92 Å². The highest BCUT2D eigenvalue weighted by atomic mass is 35.5. The van der Waals surface area contributed by atoms with Crippen molar-refractivity contribution >= 4 is 62.8 Å². The highest BCUT2D eigenvalue weighted by Gasteiger charge is 2.86. The highest BCUT2D eigenvalue weighted by molar-refractivity contribution is 7.14. The number of carbonyl (C=O) groups excluding carboxylic acids is 3. The second kappa shape index (κ2) is 15.8. The van der Waals surface area contributed by atoms with Crippen molar-refractivity contribution in [2.45, 2.75) is 141 Å². The lowest BCUT2D eigenvalue weighted by atomic mass is 9.85. The molecule has 2 aromatic heterocycles. The monoisotopic (exact) mass is 927 g/mol. The van der Waals surface area contributed by atoms with Crippen LogP contribution in [0, 0.1) is 22.2 Å². The molecule has 4 aliphatic carbocycles. The Morgan fingerprint density at radius 1 is 1.05 bits per heavy atom. The van der Waals surface area contributed by atoms with Crippen LogP contribution in [0.5, 0.6) is 11.5 Å². The molecule has 1 unspecified atom stereocenters. The third-order valence-electron chi connectivity index (χ3n) is 14.2. The van der Waals surface area contributed by atoms with Gasteiger partial charge in [0.1, 0.15) is 58.7 Å². The summed E-state index contributed by atoms with van der Waals surface area (Å²) in [5, 5.41) is 25.0. The maximum Gasteiger partial charge on any atom is 0.408 e. The Bertz CT molecular complexity index is 2370. The Balaban J connectivity index is 1.01. The van der Waals surface area contributed by atoms with Crippen LogP contribution in [0.2, 0.25) is 5.02 Å². The molecule has 346 valence electrons. The smallest absolute Gasteiger partial charge is 0.408 e. The van der Waals surface area contributed by atoms with Crippen molar-refractivity contribution in [1.29, 1.82) is 0 Å². The molecule has 64 heavy (non-hydrogen) atoms. The number of alkyl carbamates (subject to hydrolysis) is 1. The molecule has 2 saturated heterocycles. The number of fused-ring (bicyclic) bond motifs is 1. The number of carboxylic acid groups (broad SMARTS) is 1. The predicted octanol–water partition coefficient (Wildman–Crippen LogP) is 7.01.